The molecule has 0 radical (unpaired) electrons. The first-order valence-electron chi connectivity index (χ1n) is 7.58. The molecule has 0 saturated carbocycles. The first kappa shape index (κ1) is 15.8. The minimum atomic E-state index is -0.859. The zero-order valence-electron chi connectivity index (χ0n) is 13.1. The predicted molar refractivity (Wildman–Crippen MR) is 81.0 cm³/mol. The van der Waals surface area contributed by atoms with Crippen molar-refractivity contribution in [3.63, 3.8) is 0 Å². The lowest BCUT2D eigenvalue weighted by atomic mass is 10.2. The zero-order chi connectivity index (χ0) is 17.1. The van der Waals surface area contributed by atoms with Crippen LogP contribution in [-0.2, 0) is 29.2 Å². The van der Waals surface area contributed by atoms with Gasteiger partial charge in [-0.3, -0.25) is 14.5 Å². The third kappa shape index (κ3) is 2.87. The van der Waals surface area contributed by atoms with Crippen molar-refractivity contribution < 1.29 is 14.4 Å². The molecule has 1 fully saturated rings. The van der Waals surface area contributed by atoms with Gasteiger partial charge in [-0.1, -0.05) is 37.3 Å². The molecule has 0 unspecified atom stereocenters. The number of rotatable bonds is 6. The summed E-state index contributed by atoms with van der Waals surface area (Å²) in [6.45, 7) is 2.46. The van der Waals surface area contributed by atoms with E-state index in [0.717, 1.165) is 21.8 Å². The van der Waals surface area contributed by atoms with Crippen molar-refractivity contribution in [3.8, 4) is 0 Å². The smallest absolute Gasteiger partial charge is 0.263 e. The molecule has 0 aliphatic carbocycles. The number of urea groups is 1. The second-order valence-electron chi connectivity index (χ2n) is 5.37. The summed E-state index contributed by atoms with van der Waals surface area (Å²) < 4.78 is 1.52. The fourth-order valence-corrected chi connectivity index (χ4v) is 2.46. The summed E-state index contributed by atoms with van der Waals surface area (Å²) in [6, 6.07) is 8.37. The highest BCUT2D eigenvalue weighted by Gasteiger charge is 2.44. The lowest BCUT2D eigenvalue weighted by Gasteiger charge is -2.15. The number of benzene rings is 1. The van der Waals surface area contributed by atoms with Crippen LogP contribution in [0.1, 0.15) is 24.7 Å². The Morgan fingerprint density at radius 2 is 1.62 bits per heavy atom. The van der Waals surface area contributed by atoms with Gasteiger partial charge in [-0.15, -0.1) is 5.10 Å². The van der Waals surface area contributed by atoms with E-state index in [-0.39, 0.29) is 13.1 Å². The number of nitrogens with zero attached hydrogens (tertiary/aromatic N) is 6. The van der Waals surface area contributed by atoms with Crippen LogP contribution in [0, 0.1) is 0 Å². The normalized spacial score (nSPS) is 14.8. The molecule has 9 nitrogen and oxygen atoms in total. The third-order valence-corrected chi connectivity index (χ3v) is 3.66. The van der Waals surface area contributed by atoms with Gasteiger partial charge in [0.1, 0.15) is 0 Å². The topological polar surface area (TPSA) is 101 Å². The van der Waals surface area contributed by atoms with Gasteiger partial charge in [-0.05, 0) is 22.4 Å². The van der Waals surface area contributed by atoms with Crippen molar-refractivity contribution in [2.24, 2.45) is 0 Å². The number of tetrazole rings is 1. The number of hydrogen-bond acceptors (Lipinski definition) is 6. The Hall–Kier alpha value is -3.10. The molecule has 0 N–H and O–H groups in total. The van der Waals surface area contributed by atoms with E-state index in [1.807, 2.05) is 13.0 Å². The summed E-state index contributed by atoms with van der Waals surface area (Å²) in [4.78, 5) is 38.5. The summed E-state index contributed by atoms with van der Waals surface area (Å²) in [5.74, 6) is -1.33. The number of aryl methyl sites for hydroxylation is 1. The van der Waals surface area contributed by atoms with E-state index in [1.54, 1.807) is 24.3 Å². The maximum Gasteiger partial charge on any atom is 0.334 e. The van der Waals surface area contributed by atoms with Crippen LogP contribution in [0.15, 0.2) is 30.3 Å². The summed E-state index contributed by atoms with van der Waals surface area (Å²) in [5.41, 5.74) is 0.768. The first-order chi connectivity index (χ1) is 11.6. The predicted octanol–water partition coefficient (Wildman–Crippen LogP) is 0.574. The quantitative estimate of drug-likeness (QED) is 0.568. The SMILES string of the molecule is CCCn1nnnc1CN1C(=O)C(=O)N(Cc2ccccc2)C1=O. The van der Waals surface area contributed by atoms with E-state index in [0.29, 0.717) is 12.4 Å². The highest BCUT2D eigenvalue weighted by molar-refractivity contribution is 6.44. The van der Waals surface area contributed by atoms with Crippen LogP contribution < -0.4 is 0 Å². The van der Waals surface area contributed by atoms with E-state index < -0.39 is 17.8 Å². The zero-order valence-corrected chi connectivity index (χ0v) is 13.1. The number of carbonyl (C=O) groups is 3. The van der Waals surface area contributed by atoms with Crippen molar-refractivity contribution in [1.29, 1.82) is 0 Å². The van der Waals surface area contributed by atoms with Gasteiger partial charge in [0.05, 0.1) is 13.1 Å². The van der Waals surface area contributed by atoms with Crippen LogP contribution in [0.2, 0.25) is 0 Å². The van der Waals surface area contributed by atoms with Crippen molar-refractivity contribution in [3.05, 3.63) is 41.7 Å². The van der Waals surface area contributed by atoms with Crippen molar-refractivity contribution >= 4 is 17.8 Å². The minimum absolute atomic E-state index is 0.0562. The molecule has 2 heterocycles. The van der Waals surface area contributed by atoms with Crippen LogP contribution in [-0.4, -0.2) is 47.9 Å². The molecule has 1 aliphatic heterocycles. The van der Waals surface area contributed by atoms with Crippen LogP contribution in [0.25, 0.3) is 0 Å². The fourth-order valence-electron chi connectivity index (χ4n) is 2.46. The van der Waals surface area contributed by atoms with Gasteiger partial charge in [-0.2, -0.15) is 0 Å². The second-order valence-corrected chi connectivity index (χ2v) is 5.37. The van der Waals surface area contributed by atoms with Crippen molar-refractivity contribution in [2.75, 3.05) is 0 Å². The molecule has 4 amide bonds. The molecule has 1 aliphatic rings. The molecule has 124 valence electrons. The first-order valence-corrected chi connectivity index (χ1v) is 7.58. The average molecular weight is 328 g/mol. The number of carbonyl (C=O) groups excluding carboxylic acids is 3. The van der Waals surface area contributed by atoms with E-state index in [2.05, 4.69) is 15.5 Å². The van der Waals surface area contributed by atoms with E-state index >= 15 is 0 Å². The molecule has 9 heteroatoms. The summed E-state index contributed by atoms with van der Waals surface area (Å²) in [5, 5.41) is 11.2. The van der Waals surface area contributed by atoms with Gasteiger partial charge < -0.3 is 0 Å². The van der Waals surface area contributed by atoms with Crippen molar-refractivity contribution in [1.82, 2.24) is 30.0 Å². The van der Waals surface area contributed by atoms with Crippen LogP contribution in [0.5, 0.6) is 0 Å². The number of amides is 4. The molecule has 2 aromatic rings. The molecular formula is C15H16N6O3. The Labute approximate surface area is 137 Å². The lowest BCUT2D eigenvalue weighted by molar-refractivity contribution is -0.143. The third-order valence-electron chi connectivity index (χ3n) is 3.66. The monoisotopic (exact) mass is 328 g/mol. The number of hydrogen-bond donors (Lipinski definition) is 0. The molecule has 1 aromatic heterocycles. The minimum Gasteiger partial charge on any atom is -0.263 e. The highest BCUT2D eigenvalue weighted by atomic mass is 16.2. The van der Waals surface area contributed by atoms with Gasteiger partial charge >= 0.3 is 17.8 Å². The molecule has 0 atom stereocenters. The number of aromatic nitrogens is 4. The molecule has 1 aromatic carbocycles. The van der Waals surface area contributed by atoms with E-state index in [9.17, 15) is 14.4 Å². The van der Waals surface area contributed by atoms with Crippen molar-refractivity contribution in [2.45, 2.75) is 33.0 Å². The standard InChI is InChI=1S/C15H16N6O3/c1-2-8-21-12(16-17-18-21)10-20-14(23)13(22)19(15(20)24)9-11-6-4-3-5-7-11/h3-7H,2,8-10H2,1H3. The van der Waals surface area contributed by atoms with Gasteiger partial charge in [-0.25, -0.2) is 14.4 Å². The highest BCUT2D eigenvalue weighted by Crippen LogP contribution is 2.17. The van der Waals surface area contributed by atoms with Crippen LogP contribution in [0.4, 0.5) is 4.79 Å². The van der Waals surface area contributed by atoms with Crippen LogP contribution >= 0.6 is 0 Å². The molecule has 24 heavy (non-hydrogen) atoms. The number of imide groups is 2. The van der Waals surface area contributed by atoms with Gasteiger partial charge in [0.25, 0.3) is 0 Å². The molecule has 3 rings (SSSR count). The molecular weight excluding hydrogens is 312 g/mol. The fraction of sp³-hybridized carbons (Fsp3) is 0.333. The van der Waals surface area contributed by atoms with Gasteiger partial charge in [0.15, 0.2) is 5.82 Å². The summed E-state index contributed by atoms with van der Waals surface area (Å²) in [6.07, 6.45) is 0.805. The Morgan fingerprint density at radius 1 is 0.958 bits per heavy atom. The van der Waals surface area contributed by atoms with E-state index in [4.69, 9.17) is 0 Å². The Bertz CT molecular complexity index is 773. The summed E-state index contributed by atoms with van der Waals surface area (Å²) in [7, 11) is 0. The lowest BCUT2D eigenvalue weighted by Crippen LogP contribution is -2.33. The molecule has 0 spiro atoms. The van der Waals surface area contributed by atoms with Gasteiger partial charge in [0.2, 0.25) is 0 Å². The second kappa shape index (κ2) is 6.57. The molecule has 0 bridgehead atoms. The Morgan fingerprint density at radius 3 is 2.29 bits per heavy atom. The van der Waals surface area contributed by atoms with Gasteiger partial charge in [0, 0.05) is 6.54 Å². The largest absolute Gasteiger partial charge is 0.334 e. The van der Waals surface area contributed by atoms with E-state index in [1.165, 1.54) is 4.68 Å². The maximum absolute atomic E-state index is 12.5. The Kier molecular flexibility index (Phi) is 4.32. The van der Waals surface area contributed by atoms with Crippen LogP contribution in [0.3, 0.4) is 0 Å². The maximum atomic E-state index is 12.5. The summed E-state index contributed by atoms with van der Waals surface area (Å²) >= 11 is 0. The average Bonchev–Trinajstić information content (AvgIpc) is 3.10. The molecule has 1 saturated heterocycles. The Balaban J connectivity index is 1.77.